The predicted molar refractivity (Wildman–Crippen MR) is 95.4 cm³/mol. The summed E-state index contributed by atoms with van der Waals surface area (Å²) in [6.45, 7) is 4.48. The van der Waals surface area contributed by atoms with Gasteiger partial charge in [0.15, 0.2) is 0 Å². The van der Waals surface area contributed by atoms with E-state index in [4.69, 9.17) is 4.74 Å². The smallest absolute Gasteiger partial charge is 0.317 e. The van der Waals surface area contributed by atoms with Crippen LogP contribution < -0.4 is 5.32 Å². The number of rotatable bonds is 5. The molecule has 0 spiro atoms. The molecule has 6 heteroatoms. The van der Waals surface area contributed by atoms with E-state index in [-0.39, 0.29) is 12.1 Å². The molecule has 1 saturated heterocycles. The van der Waals surface area contributed by atoms with Crippen LogP contribution >= 0.6 is 11.3 Å². The number of ether oxygens (including phenoxy) is 1. The van der Waals surface area contributed by atoms with Crippen LogP contribution in [0.2, 0.25) is 0 Å². The van der Waals surface area contributed by atoms with Crippen molar-refractivity contribution >= 4 is 17.4 Å². The van der Waals surface area contributed by atoms with Crippen LogP contribution in [-0.2, 0) is 17.6 Å². The summed E-state index contributed by atoms with van der Waals surface area (Å²) in [7, 11) is 0. The van der Waals surface area contributed by atoms with Gasteiger partial charge in [-0.3, -0.25) is 0 Å². The molecule has 128 valence electrons. The first kappa shape index (κ1) is 16.9. The molecule has 2 heterocycles. The molecule has 0 aliphatic carbocycles. The number of thiazole rings is 1. The van der Waals surface area contributed by atoms with Crippen molar-refractivity contribution < 1.29 is 9.53 Å². The number of nitrogens with one attached hydrogen (secondary N) is 1. The van der Waals surface area contributed by atoms with Crippen molar-refractivity contribution in [1.29, 1.82) is 0 Å². The predicted octanol–water partition coefficient (Wildman–Crippen LogP) is 2.65. The van der Waals surface area contributed by atoms with Gasteiger partial charge in [0.2, 0.25) is 0 Å². The fourth-order valence-electron chi connectivity index (χ4n) is 2.84. The Morgan fingerprint density at radius 3 is 3.00 bits per heavy atom. The molecule has 0 bridgehead atoms. The lowest BCUT2D eigenvalue weighted by Crippen LogP contribution is -2.50. The van der Waals surface area contributed by atoms with E-state index in [1.165, 1.54) is 5.56 Å². The van der Waals surface area contributed by atoms with Crippen LogP contribution in [0.4, 0.5) is 4.79 Å². The molecule has 5 nitrogen and oxygen atoms in total. The maximum atomic E-state index is 12.3. The molecule has 1 atom stereocenters. The second-order valence-electron chi connectivity index (χ2n) is 5.97. The highest BCUT2D eigenvalue weighted by Crippen LogP contribution is 2.12. The fourth-order valence-corrected chi connectivity index (χ4v) is 3.48. The number of hydrogen-bond donors (Lipinski definition) is 1. The van der Waals surface area contributed by atoms with E-state index < -0.39 is 0 Å². The van der Waals surface area contributed by atoms with Crippen LogP contribution in [0, 0.1) is 6.92 Å². The summed E-state index contributed by atoms with van der Waals surface area (Å²) >= 11 is 1.64. The maximum absolute atomic E-state index is 12.3. The van der Waals surface area contributed by atoms with Gasteiger partial charge in [-0.2, -0.15) is 0 Å². The minimum absolute atomic E-state index is 0.0108. The van der Waals surface area contributed by atoms with Crippen molar-refractivity contribution in [2.75, 3.05) is 26.2 Å². The summed E-state index contributed by atoms with van der Waals surface area (Å²) in [4.78, 5) is 18.6. The van der Waals surface area contributed by atoms with Crippen LogP contribution in [0.15, 0.2) is 35.7 Å². The van der Waals surface area contributed by atoms with Crippen molar-refractivity contribution in [1.82, 2.24) is 15.2 Å². The molecule has 1 N–H and O–H groups in total. The Kier molecular flexibility index (Phi) is 5.82. The van der Waals surface area contributed by atoms with E-state index in [1.807, 2.05) is 35.4 Å². The molecule has 1 aliphatic heterocycles. The second-order valence-corrected chi connectivity index (χ2v) is 7.03. The Hall–Kier alpha value is -1.92. The zero-order chi connectivity index (χ0) is 16.8. The molecular formula is C18H23N3O2S. The van der Waals surface area contributed by atoms with E-state index in [2.05, 4.69) is 22.4 Å². The van der Waals surface area contributed by atoms with Gasteiger partial charge in [-0.25, -0.2) is 9.78 Å². The third-order valence-electron chi connectivity index (χ3n) is 4.06. The first-order chi connectivity index (χ1) is 11.7. The van der Waals surface area contributed by atoms with Crippen molar-refractivity contribution in [3.8, 4) is 0 Å². The van der Waals surface area contributed by atoms with E-state index >= 15 is 0 Å². The van der Waals surface area contributed by atoms with Crippen molar-refractivity contribution in [3.63, 3.8) is 0 Å². The lowest BCUT2D eigenvalue weighted by molar-refractivity contribution is -0.0132. The van der Waals surface area contributed by atoms with Gasteiger partial charge in [-0.15, -0.1) is 11.3 Å². The van der Waals surface area contributed by atoms with Gasteiger partial charge in [0.05, 0.1) is 23.4 Å². The molecule has 0 radical (unpaired) electrons. The largest absolute Gasteiger partial charge is 0.374 e. The summed E-state index contributed by atoms with van der Waals surface area (Å²) in [5.74, 6) is 0. The van der Waals surface area contributed by atoms with Crippen LogP contribution in [0.5, 0.6) is 0 Å². The molecule has 1 aromatic carbocycles. The summed E-state index contributed by atoms with van der Waals surface area (Å²) < 4.78 is 5.81. The standard InChI is InChI=1S/C18H23N3O2S/c1-14-20-16(13-24-14)7-8-19-18(22)21-9-10-23-17(12-21)11-15-5-3-2-4-6-15/h2-6,13,17H,7-12H2,1H3,(H,19,22)/t17-/m1/s1. The van der Waals surface area contributed by atoms with Gasteiger partial charge in [-0.1, -0.05) is 30.3 Å². The highest BCUT2D eigenvalue weighted by atomic mass is 32.1. The topological polar surface area (TPSA) is 54.5 Å². The van der Waals surface area contributed by atoms with Gasteiger partial charge in [0.25, 0.3) is 0 Å². The van der Waals surface area contributed by atoms with Gasteiger partial charge in [-0.05, 0) is 12.5 Å². The number of urea groups is 1. The van der Waals surface area contributed by atoms with Gasteiger partial charge < -0.3 is 15.0 Å². The third-order valence-corrected chi connectivity index (χ3v) is 4.88. The van der Waals surface area contributed by atoms with Crippen molar-refractivity contribution in [2.24, 2.45) is 0 Å². The monoisotopic (exact) mass is 345 g/mol. The summed E-state index contributed by atoms with van der Waals surface area (Å²) in [6, 6.07) is 10.2. The average molecular weight is 345 g/mol. The van der Waals surface area contributed by atoms with Crippen molar-refractivity contribution in [2.45, 2.75) is 25.9 Å². The van der Waals surface area contributed by atoms with Crippen LogP contribution in [0.25, 0.3) is 0 Å². The number of hydrogen-bond acceptors (Lipinski definition) is 4. The van der Waals surface area contributed by atoms with Gasteiger partial charge in [0, 0.05) is 37.9 Å². The molecule has 1 aliphatic rings. The zero-order valence-corrected chi connectivity index (χ0v) is 14.7. The lowest BCUT2D eigenvalue weighted by Gasteiger charge is -2.33. The molecule has 24 heavy (non-hydrogen) atoms. The van der Waals surface area contributed by atoms with Crippen LogP contribution in [0.1, 0.15) is 16.3 Å². The zero-order valence-electron chi connectivity index (χ0n) is 13.9. The highest BCUT2D eigenvalue weighted by molar-refractivity contribution is 7.09. The molecule has 0 saturated carbocycles. The molecule has 2 amide bonds. The maximum Gasteiger partial charge on any atom is 0.317 e. The number of benzene rings is 1. The van der Waals surface area contributed by atoms with E-state index in [0.717, 1.165) is 23.5 Å². The molecule has 2 aromatic rings. The Bertz CT molecular complexity index is 659. The number of nitrogens with zero attached hydrogens (tertiary/aromatic N) is 2. The summed E-state index contributed by atoms with van der Waals surface area (Å²) in [6.07, 6.45) is 1.67. The number of carbonyl (C=O) groups is 1. The van der Waals surface area contributed by atoms with E-state index in [9.17, 15) is 4.79 Å². The first-order valence-electron chi connectivity index (χ1n) is 8.30. The van der Waals surface area contributed by atoms with E-state index in [0.29, 0.717) is 26.2 Å². The number of aryl methyl sites for hydroxylation is 1. The third kappa shape index (κ3) is 4.79. The minimum atomic E-state index is -0.0108. The van der Waals surface area contributed by atoms with Crippen molar-refractivity contribution in [3.05, 3.63) is 52.0 Å². The average Bonchev–Trinajstić information content (AvgIpc) is 3.01. The summed E-state index contributed by atoms with van der Waals surface area (Å²) in [5.41, 5.74) is 2.28. The number of carbonyl (C=O) groups excluding carboxylic acids is 1. The Morgan fingerprint density at radius 1 is 1.42 bits per heavy atom. The second kappa shape index (κ2) is 8.26. The van der Waals surface area contributed by atoms with E-state index in [1.54, 1.807) is 11.3 Å². The summed E-state index contributed by atoms with van der Waals surface area (Å²) in [5, 5.41) is 6.10. The molecule has 1 fully saturated rings. The molecular weight excluding hydrogens is 322 g/mol. The number of morpholine rings is 1. The SMILES string of the molecule is Cc1nc(CCNC(=O)N2CCO[C@H](Cc3ccccc3)C2)cs1. The van der Waals surface area contributed by atoms with Crippen LogP contribution in [-0.4, -0.2) is 48.3 Å². The number of amides is 2. The Balaban J connectivity index is 1.44. The normalized spacial score (nSPS) is 17.7. The molecule has 3 rings (SSSR count). The fraction of sp³-hybridized carbons (Fsp3) is 0.444. The van der Waals surface area contributed by atoms with Gasteiger partial charge in [0.1, 0.15) is 0 Å². The minimum Gasteiger partial charge on any atom is -0.374 e. The lowest BCUT2D eigenvalue weighted by atomic mass is 10.1. The molecule has 0 unspecified atom stereocenters. The van der Waals surface area contributed by atoms with Gasteiger partial charge >= 0.3 is 6.03 Å². The quantitative estimate of drug-likeness (QED) is 0.906. The Labute approximate surface area is 146 Å². The first-order valence-corrected chi connectivity index (χ1v) is 9.18. The number of aromatic nitrogens is 1. The highest BCUT2D eigenvalue weighted by Gasteiger charge is 2.24. The molecule has 1 aromatic heterocycles. The Morgan fingerprint density at radius 2 is 2.25 bits per heavy atom. The van der Waals surface area contributed by atoms with Crippen LogP contribution in [0.3, 0.4) is 0 Å².